The van der Waals surface area contributed by atoms with Gasteiger partial charge in [0.2, 0.25) is 0 Å². The van der Waals surface area contributed by atoms with E-state index in [1.807, 2.05) is 23.5 Å². The molecule has 3 aromatic rings. The van der Waals surface area contributed by atoms with Crippen LogP contribution in [0.15, 0.2) is 48.5 Å². The fraction of sp³-hybridized carbons (Fsp3) is 0.350. The fourth-order valence-electron chi connectivity index (χ4n) is 3.61. The number of methoxy groups -OCH3 is 1. The third kappa shape index (κ3) is 3.22. The Balaban J connectivity index is 1.46. The van der Waals surface area contributed by atoms with E-state index in [1.165, 1.54) is 15.4 Å². The average Bonchev–Trinajstić information content (AvgIpc) is 3.12. The second kappa shape index (κ2) is 7.02. The smallest absolute Gasteiger partial charge is 0.151 e. The van der Waals surface area contributed by atoms with Crippen LogP contribution < -0.4 is 14.5 Å². The number of nitrogens with zero attached hydrogens (tertiary/aromatic N) is 2. The monoisotopic (exact) mass is 354 g/mol. The number of para-hydroxylation sites is 3. The molecule has 0 amide bonds. The molecule has 4 rings (SSSR count). The van der Waals surface area contributed by atoms with Crippen LogP contribution in [0.3, 0.4) is 0 Å². The zero-order chi connectivity index (χ0) is 17.2. The lowest BCUT2D eigenvalue weighted by Crippen LogP contribution is -3.14. The van der Waals surface area contributed by atoms with E-state index in [4.69, 9.17) is 9.72 Å². The SMILES string of the molecule is COc1ccccc1N1CC[NH+]([C@@H](C)c2nc3ccccc3s2)CC1. The summed E-state index contributed by atoms with van der Waals surface area (Å²) in [7, 11) is 1.75. The van der Waals surface area contributed by atoms with Crippen LogP contribution in [-0.4, -0.2) is 38.3 Å². The molecule has 130 valence electrons. The van der Waals surface area contributed by atoms with Gasteiger partial charge in [-0.2, -0.15) is 0 Å². The summed E-state index contributed by atoms with van der Waals surface area (Å²) in [6.07, 6.45) is 0. The van der Waals surface area contributed by atoms with Gasteiger partial charge in [-0.3, -0.25) is 0 Å². The summed E-state index contributed by atoms with van der Waals surface area (Å²) in [5.74, 6) is 0.963. The van der Waals surface area contributed by atoms with Crippen molar-refractivity contribution >= 4 is 27.2 Å². The number of anilines is 1. The van der Waals surface area contributed by atoms with Crippen molar-refractivity contribution in [3.05, 3.63) is 53.5 Å². The van der Waals surface area contributed by atoms with Crippen molar-refractivity contribution in [2.45, 2.75) is 13.0 Å². The van der Waals surface area contributed by atoms with Crippen LogP contribution >= 0.6 is 11.3 Å². The number of piperazine rings is 1. The van der Waals surface area contributed by atoms with E-state index in [0.29, 0.717) is 6.04 Å². The average molecular weight is 354 g/mol. The molecule has 1 N–H and O–H groups in total. The van der Waals surface area contributed by atoms with Crippen LogP contribution in [0.4, 0.5) is 5.69 Å². The number of hydrogen-bond donors (Lipinski definition) is 1. The number of nitrogens with one attached hydrogen (secondary N) is 1. The minimum Gasteiger partial charge on any atom is -0.495 e. The van der Waals surface area contributed by atoms with Gasteiger partial charge in [-0.25, -0.2) is 4.98 Å². The summed E-state index contributed by atoms with van der Waals surface area (Å²) in [4.78, 5) is 8.91. The van der Waals surface area contributed by atoms with Gasteiger partial charge >= 0.3 is 0 Å². The Morgan fingerprint density at radius 2 is 1.80 bits per heavy atom. The maximum Gasteiger partial charge on any atom is 0.151 e. The highest BCUT2D eigenvalue weighted by atomic mass is 32.1. The van der Waals surface area contributed by atoms with Gasteiger partial charge < -0.3 is 14.5 Å². The van der Waals surface area contributed by atoms with Crippen molar-refractivity contribution in [1.82, 2.24) is 4.98 Å². The molecule has 5 heteroatoms. The normalized spacial score (nSPS) is 17.0. The summed E-state index contributed by atoms with van der Waals surface area (Å²) in [5.41, 5.74) is 2.33. The molecule has 1 fully saturated rings. The molecule has 0 bridgehead atoms. The molecule has 2 aromatic carbocycles. The van der Waals surface area contributed by atoms with Crippen molar-refractivity contribution in [3.8, 4) is 5.75 Å². The van der Waals surface area contributed by atoms with Gasteiger partial charge in [0.15, 0.2) is 5.01 Å². The lowest BCUT2D eigenvalue weighted by atomic mass is 10.2. The molecule has 1 aromatic heterocycles. The third-order valence-corrected chi connectivity index (χ3v) is 6.34. The quantitative estimate of drug-likeness (QED) is 0.781. The number of ether oxygens (including phenoxy) is 1. The second-order valence-electron chi connectivity index (χ2n) is 6.56. The van der Waals surface area contributed by atoms with E-state index in [-0.39, 0.29) is 0 Å². The van der Waals surface area contributed by atoms with Crippen LogP contribution in [0.5, 0.6) is 5.75 Å². The van der Waals surface area contributed by atoms with Crippen molar-refractivity contribution in [2.75, 3.05) is 38.2 Å². The number of fused-ring (bicyclic) bond motifs is 1. The van der Waals surface area contributed by atoms with Gasteiger partial charge in [-0.1, -0.05) is 24.3 Å². The van der Waals surface area contributed by atoms with Gasteiger partial charge in [0.05, 0.1) is 49.2 Å². The number of benzene rings is 2. The van der Waals surface area contributed by atoms with Crippen molar-refractivity contribution in [2.24, 2.45) is 0 Å². The molecular formula is C20H24N3OS+. The maximum absolute atomic E-state index is 5.52. The van der Waals surface area contributed by atoms with Crippen LogP contribution in [-0.2, 0) is 0 Å². The van der Waals surface area contributed by atoms with Gasteiger partial charge in [-0.15, -0.1) is 11.3 Å². The molecular weight excluding hydrogens is 330 g/mol. The van der Waals surface area contributed by atoms with Gasteiger partial charge in [0.25, 0.3) is 0 Å². The Bertz CT molecular complexity index is 822. The molecule has 1 saturated heterocycles. The molecule has 4 nitrogen and oxygen atoms in total. The Hall–Kier alpha value is -2.11. The topological polar surface area (TPSA) is 29.8 Å². The highest BCUT2D eigenvalue weighted by Gasteiger charge is 2.28. The van der Waals surface area contributed by atoms with Gasteiger partial charge in [0, 0.05) is 0 Å². The van der Waals surface area contributed by atoms with E-state index in [2.05, 4.69) is 48.2 Å². The molecule has 25 heavy (non-hydrogen) atoms. The predicted molar refractivity (Wildman–Crippen MR) is 104 cm³/mol. The van der Waals surface area contributed by atoms with E-state index >= 15 is 0 Å². The zero-order valence-electron chi connectivity index (χ0n) is 14.7. The largest absolute Gasteiger partial charge is 0.495 e. The zero-order valence-corrected chi connectivity index (χ0v) is 15.6. The van der Waals surface area contributed by atoms with Crippen molar-refractivity contribution in [3.63, 3.8) is 0 Å². The first kappa shape index (κ1) is 16.4. The summed E-state index contributed by atoms with van der Waals surface area (Å²) in [5, 5.41) is 1.25. The molecule has 0 unspecified atom stereocenters. The van der Waals surface area contributed by atoms with Crippen LogP contribution in [0.1, 0.15) is 18.0 Å². The first-order valence-corrected chi connectivity index (χ1v) is 9.66. The fourth-order valence-corrected chi connectivity index (χ4v) is 4.69. The summed E-state index contributed by atoms with van der Waals surface area (Å²) < 4.78 is 6.81. The summed E-state index contributed by atoms with van der Waals surface area (Å²) >= 11 is 1.84. The highest BCUT2D eigenvalue weighted by molar-refractivity contribution is 7.18. The van der Waals surface area contributed by atoms with Crippen molar-refractivity contribution in [1.29, 1.82) is 0 Å². The van der Waals surface area contributed by atoms with Crippen LogP contribution in [0, 0.1) is 0 Å². The number of rotatable bonds is 4. The predicted octanol–water partition coefficient (Wildman–Crippen LogP) is 2.77. The standard InChI is InChI=1S/C20H23N3OS/c1-15(20-21-16-7-3-6-10-19(16)25-20)22-11-13-23(14-12-22)17-8-4-5-9-18(17)24-2/h3-10,15H,11-14H2,1-2H3/p+1/t15-/m0/s1. The Kier molecular flexibility index (Phi) is 4.59. The van der Waals surface area contributed by atoms with E-state index in [9.17, 15) is 0 Å². The van der Waals surface area contributed by atoms with E-state index in [0.717, 1.165) is 37.4 Å². The molecule has 1 atom stereocenters. The number of aromatic nitrogens is 1. The minimum atomic E-state index is 0.442. The first-order valence-electron chi connectivity index (χ1n) is 8.84. The maximum atomic E-state index is 5.52. The van der Waals surface area contributed by atoms with E-state index in [1.54, 1.807) is 12.0 Å². The summed E-state index contributed by atoms with van der Waals surface area (Å²) in [6.45, 7) is 6.64. The number of quaternary nitrogens is 1. The lowest BCUT2D eigenvalue weighted by Gasteiger charge is -2.36. The lowest BCUT2D eigenvalue weighted by molar-refractivity contribution is -0.930. The Labute approximate surface area is 152 Å². The Morgan fingerprint density at radius 3 is 2.56 bits per heavy atom. The minimum absolute atomic E-state index is 0.442. The van der Waals surface area contributed by atoms with E-state index < -0.39 is 0 Å². The molecule has 1 aliphatic heterocycles. The molecule has 2 heterocycles. The molecule has 0 saturated carbocycles. The highest BCUT2D eigenvalue weighted by Crippen LogP contribution is 2.28. The molecule has 0 aliphatic carbocycles. The number of thiazole rings is 1. The number of hydrogen-bond acceptors (Lipinski definition) is 4. The molecule has 1 aliphatic rings. The van der Waals surface area contributed by atoms with Crippen molar-refractivity contribution < 1.29 is 9.64 Å². The van der Waals surface area contributed by atoms with Crippen LogP contribution in [0.2, 0.25) is 0 Å². The molecule has 0 radical (unpaired) electrons. The van der Waals surface area contributed by atoms with Crippen LogP contribution in [0.25, 0.3) is 10.2 Å². The first-order chi connectivity index (χ1) is 12.3. The van der Waals surface area contributed by atoms with Gasteiger partial charge in [-0.05, 0) is 31.2 Å². The summed E-state index contributed by atoms with van der Waals surface area (Å²) in [6, 6.07) is 17.2. The van der Waals surface area contributed by atoms with Gasteiger partial charge in [0.1, 0.15) is 11.8 Å². The molecule has 0 spiro atoms. The second-order valence-corrected chi connectivity index (χ2v) is 7.62. The third-order valence-electron chi connectivity index (χ3n) is 5.12. The Morgan fingerprint density at radius 1 is 1.08 bits per heavy atom.